The first kappa shape index (κ1) is 21.1. The van der Waals surface area contributed by atoms with E-state index in [1.54, 1.807) is 7.11 Å². The van der Waals surface area contributed by atoms with Crippen molar-refractivity contribution in [3.8, 4) is 5.75 Å². The lowest BCUT2D eigenvalue weighted by Gasteiger charge is -2.39. The van der Waals surface area contributed by atoms with Crippen LogP contribution in [0.15, 0.2) is 24.3 Å². The van der Waals surface area contributed by atoms with E-state index in [2.05, 4.69) is 48.0 Å². The third-order valence-electron chi connectivity index (χ3n) is 6.93. The molecule has 0 unspecified atom stereocenters. The molecule has 4 atom stereocenters. The van der Waals surface area contributed by atoms with Crippen molar-refractivity contribution in [2.24, 2.45) is 11.8 Å². The van der Waals surface area contributed by atoms with Crippen LogP contribution in [0.25, 0.3) is 0 Å². The van der Waals surface area contributed by atoms with Crippen LogP contribution in [-0.4, -0.2) is 61.1 Å². The Morgan fingerprint density at radius 3 is 2.46 bits per heavy atom. The van der Waals surface area contributed by atoms with Crippen LogP contribution in [0.3, 0.4) is 0 Å². The molecule has 5 heteroatoms. The topological polar surface area (TPSA) is 44.8 Å². The van der Waals surface area contributed by atoms with Crippen molar-refractivity contribution >= 4 is 5.91 Å². The standard InChI is InChI=1S/C23H37N3O2/c1-17-6-5-7-22(18(17)2)24-23(27)19(3)26-14-12-25(13-15-26)16-20-8-10-21(28-4)11-9-20/h8-11,17-19,22H,5-7,12-16H2,1-4H3,(H,24,27)/t17-,18-,19-,22-/m1/s1. The molecule has 2 fully saturated rings. The zero-order valence-corrected chi connectivity index (χ0v) is 18.0. The van der Waals surface area contributed by atoms with E-state index in [1.165, 1.54) is 18.4 Å². The van der Waals surface area contributed by atoms with E-state index < -0.39 is 0 Å². The number of methoxy groups -OCH3 is 1. The number of ether oxygens (including phenoxy) is 1. The lowest BCUT2D eigenvalue weighted by Crippen LogP contribution is -2.56. The van der Waals surface area contributed by atoms with E-state index >= 15 is 0 Å². The summed E-state index contributed by atoms with van der Waals surface area (Å²) in [6.07, 6.45) is 3.65. The van der Waals surface area contributed by atoms with Crippen molar-refractivity contribution in [3.63, 3.8) is 0 Å². The van der Waals surface area contributed by atoms with Crippen molar-refractivity contribution in [1.29, 1.82) is 0 Å². The van der Waals surface area contributed by atoms with Crippen LogP contribution in [0, 0.1) is 11.8 Å². The molecule has 3 rings (SSSR count). The average Bonchev–Trinajstić information content (AvgIpc) is 2.72. The van der Waals surface area contributed by atoms with Gasteiger partial charge < -0.3 is 10.1 Å². The van der Waals surface area contributed by atoms with Gasteiger partial charge in [-0.1, -0.05) is 38.8 Å². The van der Waals surface area contributed by atoms with Gasteiger partial charge in [-0.25, -0.2) is 0 Å². The summed E-state index contributed by atoms with van der Waals surface area (Å²) >= 11 is 0. The Morgan fingerprint density at radius 1 is 1.14 bits per heavy atom. The fourth-order valence-corrected chi connectivity index (χ4v) is 4.55. The summed E-state index contributed by atoms with van der Waals surface area (Å²) in [4.78, 5) is 17.6. The van der Waals surface area contributed by atoms with Crippen LogP contribution in [-0.2, 0) is 11.3 Å². The summed E-state index contributed by atoms with van der Waals surface area (Å²) < 4.78 is 5.23. The number of benzene rings is 1. The third kappa shape index (κ3) is 5.26. The maximum atomic E-state index is 12.8. The van der Waals surface area contributed by atoms with Crippen molar-refractivity contribution < 1.29 is 9.53 Å². The molecular weight excluding hydrogens is 350 g/mol. The van der Waals surface area contributed by atoms with E-state index in [0.29, 0.717) is 17.9 Å². The molecule has 1 aromatic carbocycles. The predicted molar refractivity (Wildman–Crippen MR) is 113 cm³/mol. The molecule has 1 amide bonds. The molecule has 0 bridgehead atoms. The molecule has 1 aliphatic carbocycles. The molecule has 1 N–H and O–H groups in total. The number of carbonyl (C=O) groups is 1. The van der Waals surface area contributed by atoms with Gasteiger partial charge in [0, 0.05) is 38.8 Å². The van der Waals surface area contributed by atoms with Gasteiger partial charge in [0.25, 0.3) is 0 Å². The minimum atomic E-state index is -0.0485. The Morgan fingerprint density at radius 2 is 1.82 bits per heavy atom. The minimum Gasteiger partial charge on any atom is -0.497 e. The summed E-state index contributed by atoms with van der Waals surface area (Å²) in [6.45, 7) is 11.5. The lowest BCUT2D eigenvalue weighted by atomic mass is 9.78. The fourth-order valence-electron chi connectivity index (χ4n) is 4.55. The molecule has 1 saturated heterocycles. The van der Waals surface area contributed by atoms with E-state index in [4.69, 9.17) is 4.74 Å². The summed E-state index contributed by atoms with van der Waals surface area (Å²) in [5.74, 6) is 2.38. The van der Waals surface area contributed by atoms with Gasteiger partial charge >= 0.3 is 0 Å². The van der Waals surface area contributed by atoms with Crippen LogP contribution in [0.2, 0.25) is 0 Å². The lowest BCUT2D eigenvalue weighted by molar-refractivity contribution is -0.128. The number of nitrogens with one attached hydrogen (secondary N) is 1. The maximum Gasteiger partial charge on any atom is 0.237 e. The largest absolute Gasteiger partial charge is 0.497 e. The number of hydrogen-bond donors (Lipinski definition) is 1. The zero-order chi connectivity index (χ0) is 20.1. The average molecular weight is 388 g/mol. The second-order valence-electron chi connectivity index (χ2n) is 8.72. The molecule has 0 spiro atoms. The highest BCUT2D eigenvalue weighted by Gasteiger charge is 2.31. The SMILES string of the molecule is COc1ccc(CN2CCN([C@H](C)C(=O)N[C@@H]3CCC[C@@H](C)[C@H]3C)CC2)cc1. The van der Waals surface area contributed by atoms with Gasteiger partial charge in [-0.05, 0) is 42.9 Å². The molecular formula is C23H37N3O2. The van der Waals surface area contributed by atoms with Gasteiger partial charge in [0.15, 0.2) is 0 Å². The first-order chi connectivity index (χ1) is 13.5. The number of piperazine rings is 1. The summed E-state index contributed by atoms with van der Waals surface area (Å²) in [6, 6.07) is 8.60. The summed E-state index contributed by atoms with van der Waals surface area (Å²) in [5, 5.41) is 3.35. The van der Waals surface area contributed by atoms with Crippen LogP contribution in [0.1, 0.15) is 45.6 Å². The van der Waals surface area contributed by atoms with Crippen LogP contribution in [0.4, 0.5) is 0 Å². The van der Waals surface area contributed by atoms with E-state index in [-0.39, 0.29) is 11.9 Å². The number of amides is 1. The number of carbonyl (C=O) groups excluding carboxylic acids is 1. The molecule has 156 valence electrons. The Kier molecular flexibility index (Phi) is 7.36. The summed E-state index contributed by atoms with van der Waals surface area (Å²) in [7, 11) is 1.70. The van der Waals surface area contributed by atoms with Crippen molar-refractivity contribution in [3.05, 3.63) is 29.8 Å². The number of nitrogens with zero attached hydrogens (tertiary/aromatic N) is 2. The van der Waals surface area contributed by atoms with Gasteiger partial charge in [-0.3, -0.25) is 14.6 Å². The van der Waals surface area contributed by atoms with Crippen molar-refractivity contribution in [1.82, 2.24) is 15.1 Å². The first-order valence-corrected chi connectivity index (χ1v) is 10.9. The zero-order valence-electron chi connectivity index (χ0n) is 18.0. The van der Waals surface area contributed by atoms with Crippen LogP contribution >= 0.6 is 0 Å². The van der Waals surface area contributed by atoms with Gasteiger partial charge in [0.2, 0.25) is 5.91 Å². The molecule has 1 aliphatic heterocycles. The molecule has 0 radical (unpaired) electrons. The number of rotatable bonds is 6. The van der Waals surface area contributed by atoms with Gasteiger partial charge in [0.05, 0.1) is 13.2 Å². The highest BCUT2D eigenvalue weighted by Crippen LogP contribution is 2.29. The molecule has 0 aromatic heterocycles. The molecule has 1 aromatic rings. The Bertz CT molecular complexity index is 625. The monoisotopic (exact) mass is 387 g/mol. The van der Waals surface area contributed by atoms with E-state index in [1.807, 2.05) is 12.1 Å². The van der Waals surface area contributed by atoms with Crippen molar-refractivity contribution in [2.75, 3.05) is 33.3 Å². The normalized spacial score (nSPS) is 27.9. The van der Waals surface area contributed by atoms with Crippen molar-refractivity contribution in [2.45, 2.75) is 58.7 Å². The molecule has 28 heavy (non-hydrogen) atoms. The minimum absolute atomic E-state index is 0.0485. The first-order valence-electron chi connectivity index (χ1n) is 10.9. The predicted octanol–water partition coefficient (Wildman–Crippen LogP) is 3.14. The Hall–Kier alpha value is -1.59. The van der Waals surface area contributed by atoms with Gasteiger partial charge in [-0.15, -0.1) is 0 Å². The molecule has 2 aliphatic rings. The summed E-state index contributed by atoms with van der Waals surface area (Å²) in [5.41, 5.74) is 1.31. The Labute approximate surface area is 170 Å². The van der Waals surface area contributed by atoms with E-state index in [9.17, 15) is 4.79 Å². The molecule has 5 nitrogen and oxygen atoms in total. The number of hydrogen-bond acceptors (Lipinski definition) is 4. The van der Waals surface area contributed by atoms with Gasteiger partial charge in [0.1, 0.15) is 5.75 Å². The van der Waals surface area contributed by atoms with Crippen LogP contribution < -0.4 is 10.1 Å². The fraction of sp³-hybridized carbons (Fsp3) is 0.696. The quantitative estimate of drug-likeness (QED) is 0.814. The Balaban J connectivity index is 1.45. The van der Waals surface area contributed by atoms with Gasteiger partial charge in [-0.2, -0.15) is 0 Å². The smallest absolute Gasteiger partial charge is 0.237 e. The maximum absolute atomic E-state index is 12.8. The van der Waals surface area contributed by atoms with E-state index in [0.717, 1.165) is 44.9 Å². The highest BCUT2D eigenvalue weighted by molar-refractivity contribution is 5.81. The molecule has 1 heterocycles. The highest BCUT2D eigenvalue weighted by atomic mass is 16.5. The second-order valence-corrected chi connectivity index (χ2v) is 8.72. The molecule has 1 saturated carbocycles. The third-order valence-corrected chi connectivity index (χ3v) is 6.93. The van der Waals surface area contributed by atoms with Crippen LogP contribution in [0.5, 0.6) is 5.75 Å². The second kappa shape index (κ2) is 9.75.